The van der Waals surface area contributed by atoms with Gasteiger partial charge < -0.3 is 9.14 Å². The highest BCUT2D eigenvalue weighted by Gasteiger charge is 2.14. The maximum Gasteiger partial charge on any atom is 0.303 e. The summed E-state index contributed by atoms with van der Waals surface area (Å²) in [5.74, 6) is -1.14. The van der Waals surface area contributed by atoms with Crippen molar-refractivity contribution in [2.24, 2.45) is 0 Å². The average Bonchev–Trinajstić information content (AvgIpc) is 2.79. The molecule has 2 heterocycles. The van der Waals surface area contributed by atoms with Gasteiger partial charge in [-0.15, -0.1) is 0 Å². The number of nitrogens with one attached hydrogen (secondary N) is 1. The normalized spacial score (nSPS) is 10.6. The van der Waals surface area contributed by atoms with Gasteiger partial charge in [0.15, 0.2) is 5.78 Å². The molecule has 0 bridgehead atoms. The molecule has 0 aromatic carbocycles. The summed E-state index contributed by atoms with van der Waals surface area (Å²) in [7, 11) is 0. The third-order valence-electron chi connectivity index (χ3n) is 2.59. The standard InChI is InChI=1S/C13H13FN2O3/c1-9(17)19-8-15-7-12(18)10-4-6-16-5-2-3-11(14)13(10)16/h2-6,15H,7-8H2,1H3. The van der Waals surface area contributed by atoms with E-state index in [0.29, 0.717) is 5.56 Å². The number of esters is 1. The molecule has 0 atom stereocenters. The van der Waals surface area contributed by atoms with Gasteiger partial charge in [-0.25, -0.2) is 4.39 Å². The third kappa shape index (κ3) is 2.97. The van der Waals surface area contributed by atoms with Crippen molar-refractivity contribution in [3.8, 4) is 0 Å². The highest BCUT2D eigenvalue weighted by molar-refractivity contribution is 6.04. The van der Waals surface area contributed by atoms with Crippen LogP contribution in [0.1, 0.15) is 17.3 Å². The van der Waals surface area contributed by atoms with Crippen LogP contribution in [0, 0.1) is 5.82 Å². The number of carbonyl (C=O) groups is 2. The lowest BCUT2D eigenvalue weighted by atomic mass is 10.1. The molecule has 0 aliphatic heterocycles. The number of nitrogens with zero attached hydrogens (tertiary/aromatic N) is 1. The van der Waals surface area contributed by atoms with Gasteiger partial charge in [-0.2, -0.15) is 0 Å². The van der Waals surface area contributed by atoms with Crippen molar-refractivity contribution in [2.75, 3.05) is 13.3 Å². The molecule has 0 saturated heterocycles. The van der Waals surface area contributed by atoms with E-state index in [1.165, 1.54) is 13.0 Å². The number of halogens is 1. The van der Waals surface area contributed by atoms with Gasteiger partial charge in [0, 0.05) is 24.9 Å². The number of hydrogen-bond donors (Lipinski definition) is 1. The Morgan fingerprint density at radius 2 is 2.16 bits per heavy atom. The number of Topliss-reactive ketones (excluding diaryl/α,β-unsaturated/α-hetero) is 1. The number of ether oxygens (including phenoxy) is 1. The predicted octanol–water partition coefficient (Wildman–Crippen LogP) is 1.37. The van der Waals surface area contributed by atoms with Crippen molar-refractivity contribution in [3.05, 3.63) is 42.0 Å². The first-order valence-electron chi connectivity index (χ1n) is 5.72. The van der Waals surface area contributed by atoms with E-state index in [4.69, 9.17) is 0 Å². The van der Waals surface area contributed by atoms with Crippen LogP contribution in [0.3, 0.4) is 0 Å². The van der Waals surface area contributed by atoms with Crippen LogP contribution in [0.2, 0.25) is 0 Å². The number of pyridine rings is 1. The number of hydrogen-bond acceptors (Lipinski definition) is 4. The summed E-state index contributed by atoms with van der Waals surface area (Å²) in [4.78, 5) is 22.5. The minimum absolute atomic E-state index is 0.0265. The van der Waals surface area contributed by atoms with E-state index in [1.807, 2.05) is 0 Å². The Hall–Kier alpha value is -2.21. The second kappa shape index (κ2) is 5.62. The average molecular weight is 264 g/mol. The molecule has 100 valence electrons. The van der Waals surface area contributed by atoms with Gasteiger partial charge in [-0.1, -0.05) is 0 Å². The first kappa shape index (κ1) is 13.2. The summed E-state index contributed by atoms with van der Waals surface area (Å²) < 4.78 is 19.9. The summed E-state index contributed by atoms with van der Waals surface area (Å²) in [6.45, 7) is 1.21. The Morgan fingerprint density at radius 3 is 2.89 bits per heavy atom. The van der Waals surface area contributed by atoms with E-state index >= 15 is 0 Å². The van der Waals surface area contributed by atoms with Gasteiger partial charge in [0.05, 0.1) is 12.1 Å². The molecule has 2 rings (SSSR count). The van der Waals surface area contributed by atoms with Crippen LogP contribution in [0.25, 0.3) is 5.52 Å². The molecule has 1 N–H and O–H groups in total. The quantitative estimate of drug-likeness (QED) is 0.383. The molecule has 0 amide bonds. The summed E-state index contributed by atoms with van der Waals surface area (Å²) in [6, 6.07) is 4.43. The second-order valence-electron chi connectivity index (χ2n) is 3.97. The molecule has 2 aromatic rings. The monoisotopic (exact) mass is 264 g/mol. The Bertz CT molecular complexity index is 621. The zero-order chi connectivity index (χ0) is 13.8. The lowest BCUT2D eigenvalue weighted by molar-refractivity contribution is -0.141. The SMILES string of the molecule is CC(=O)OCNCC(=O)c1ccn2cccc(F)c12. The van der Waals surface area contributed by atoms with E-state index in [9.17, 15) is 14.0 Å². The third-order valence-corrected chi connectivity index (χ3v) is 2.59. The highest BCUT2D eigenvalue weighted by Crippen LogP contribution is 2.16. The molecular formula is C13H13FN2O3. The largest absolute Gasteiger partial charge is 0.450 e. The molecule has 0 aliphatic carbocycles. The van der Waals surface area contributed by atoms with Gasteiger partial charge in [0.1, 0.15) is 12.5 Å². The molecule has 0 spiro atoms. The fraction of sp³-hybridized carbons (Fsp3) is 0.231. The lowest BCUT2D eigenvalue weighted by Gasteiger charge is -2.04. The summed E-state index contributed by atoms with van der Waals surface area (Å²) in [5, 5.41) is 2.66. The Balaban J connectivity index is 2.07. The van der Waals surface area contributed by atoms with E-state index in [1.54, 1.807) is 28.9 Å². The van der Waals surface area contributed by atoms with Crippen LogP contribution in [0.4, 0.5) is 4.39 Å². The molecule has 2 aromatic heterocycles. The minimum atomic E-state index is -0.448. The Labute approximate surface area is 109 Å². The van der Waals surface area contributed by atoms with Crippen molar-refractivity contribution in [3.63, 3.8) is 0 Å². The Morgan fingerprint density at radius 1 is 1.37 bits per heavy atom. The van der Waals surface area contributed by atoms with Crippen molar-refractivity contribution in [1.29, 1.82) is 0 Å². The molecule has 0 aliphatic rings. The smallest absolute Gasteiger partial charge is 0.303 e. The topological polar surface area (TPSA) is 59.8 Å². The first-order valence-corrected chi connectivity index (χ1v) is 5.72. The predicted molar refractivity (Wildman–Crippen MR) is 66.3 cm³/mol. The van der Waals surface area contributed by atoms with Crippen LogP contribution in [-0.2, 0) is 9.53 Å². The molecule has 19 heavy (non-hydrogen) atoms. The number of carbonyl (C=O) groups excluding carboxylic acids is 2. The van der Waals surface area contributed by atoms with Crippen molar-refractivity contribution >= 4 is 17.3 Å². The Kier molecular flexibility index (Phi) is 3.91. The van der Waals surface area contributed by atoms with Gasteiger partial charge >= 0.3 is 5.97 Å². The number of fused-ring (bicyclic) bond motifs is 1. The highest BCUT2D eigenvalue weighted by atomic mass is 19.1. The summed E-state index contributed by atoms with van der Waals surface area (Å²) in [5.41, 5.74) is 0.551. The summed E-state index contributed by atoms with van der Waals surface area (Å²) in [6.07, 6.45) is 3.29. The van der Waals surface area contributed by atoms with Crippen molar-refractivity contribution in [2.45, 2.75) is 6.92 Å². The van der Waals surface area contributed by atoms with Crippen LogP contribution < -0.4 is 5.32 Å². The molecule has 0 radical (unpaired) electrons. The number of ketones is 1. The lowest BCUT2D eigenvalue weighted by Crippen LogP contribution is -2.26. The zero-order valence-electron chi connectivity index (χ0n) is 10.4. The van der Waals surface area contributed by atoms with E-state index < -0.39 is 11.8 Å². The van der Waals surface area contributed by atoms with E-state index in [-0.39, 0.29) is 24.6 Å². The van der Waals surface area contributed by atoms with Crippen LogP contribution in [0.5, 0.6) is 0 Å². The zero-order valence-corrected chi connectivity index (χ0v) is 10.4. The van der Waals surface area contributed by atoms with Crippen LogP contribution >= 0.6 is 0 Å². The molecule has 5 nitrogen and oxygen atoms in total. The fourth-order valence-corrected chi connectivity index (χ4v) is 1.76. The first-order chi connectivity index (χ1) is 9.09. The molecule has 0 saturated carbocycles. The second-order valence-corrected chi connectivity index (χ2v) is 3.97. The number of rotatable bonds is 5. The van der Waals surface area contributed by atoms with E-state index in [0.717, 1.165) is 0 Å². The molecule has 0 fully saturated rings. The molecule has 0 unspecified atom stereocenters. The summed E-state index contributed by atoms with van der Waals surface area (Å²) >= 11 is 0. The van der Waals surface area contributed by atoms with Crippen LogP contribution in [0.15, 0.2) is 30.6 Å². The van der Waals surface area contributed by atoms with Gasteiger partial charge in [-0.05, 0) is 18.2 Å². The van der Waals surface area contributed by atoms with Crippen LogP contribution in [-0.4, -0.2) is 29.4 Å². The van der Waals surface area contributed by atoms with Gasteiger partial charge in [0.25, 0.3) is 0 Å². The van der Waals surface area contributed by atoms with Crippen molar-refractivity contribution in [1.82, 2.24) is 9.72 Å². The van der Waals surface area contributed by atoms with E-state index in [2.05, 4.69) is 10.1 Å². The van der Waals surface area contributed by atoms with Gasteiger partial charge in [-0.3, -0.25) is 14.9 Å². The van der Waals surface area contributed by atoms with Crippen molar-refractivity contribution < 1.29 is 18.7 Å². The fourth-order valence-electron chi connectivity index (χ4n) is 1.76. The maximum absolute atomic E-state index is 13.7. The molecule has 6 heteroatoms. The van der Waals surface area contributed by atoms with Gasteiger partial charge in [0.2, 0.25) is 0 Å². The maximum atomic E-state index is 13.7. The minimum Gasteiger partial charge on any atom is -0.450 e. The number of aromatic nitrogens is 1. The molecular weight excluding hydrogens is 251 g/mol.